The van der Waals surface area contributed by atoms with E-state index in [4.69, 9.17) is 4.98 Å². The number of anilines is 1. The summed E-state index contributed by atoms with van der Waals surface area (Å²) in [6, 6.07) is 0.183. The van der Waals surface area contributed by atoms with Crippen LogP contribution in [0.25, 0.3) is 22.6 Å². The van der Waals surface area contributed by atoms with Crippen molar-refractivity contribution in [1.29, 1.82) is 0 Å². The van der Waals surface area contributed by atoms with Gasteiger partial charge in [-0.2, -0.15) is 5.10 Å². The lowest BCUT2D eigenvalue weighted by Gasteiger charge is -2.21. The first kappa shape index (κ1) is 21.9. The number of imidazole rings is 1. The molecule has 0 bridgehead atoms. The third-order valence-corrected chi connectivity index (χ3v) is 5.67. The van der Waals surface area contributed by atoms with Crippen molar-refractivity contribution in [2.24, 2.45) is 11.0 Å². The highest BCUT2D eigenvalue weighted by Gasteiger charge is 2.21. The molecule has 1 unspecified atom stereocenters. The average molecular weight is 434 g/mol. The minimum Gasteiger partial charge on any atom is -0.365 e. The van der Waals surface area contributed by atoms with Crippen LogP contribution in [0.1, 0.15) is 45.9 Å². The number of hydrogen-bond acceptors (Lipinski definition) is 8. The normalized spacial score (nSPS) is 19.1. The highest BCUT2D eigenvalue weighted by Crippen LogP contribution is 2.28. The topological polar surface area (TPSA) is 106 Å². The fourth-order valence-electron chi connectivity index (χ4n) is 4.08. The third-order valence-electron chi connectivity index (χ3n) is 5.67. The van der Waals surface area contributed by atoms with Gasteiger partial charge in [0.15, 0.2) is 17.0 Å². The van der Waals surface area contributed by atoms with E-state index in [1.54, 1.807) is 18.7 Å². The first-order chi connectivity index (χ1) is 15.5. The lowest BCUT2D eigenvalue weighted by atomic mass is 9.94. The number of fused-ring (bicyclic) bond motifs is 1. The van der Waals surface area contributed by atoms with Gasteiger partial charge in [0.1, 0.15) is 18.0 Å². The molecule has 9 nitrogen and oxygen atoms in total. The van der Waals surface area contributed by atoms with Gasteiger partial charge >= 0.3 is 0 Å². The molecular formula is C23H31N9. The molecule has 1 atom stereocenters. The molecule has 1 aliphatic heterocycles. The van der Waals surface area contributed by atoms with Crippen LogP contribution in [-0.2, 0) is 6.54 Å². The fraction of sp³-hybridized carbons (Fsp3) is 0.478. The maximum absolute atomic E-state index is 4.91. The first-order valence-electron chi connectivity index (χ1n) is 11.2. The summed E-state index contributed by atoms with van der Waals surface area (Å²) in [5, 5.41) is 8.20. The van der Waals surface area contributed by atoms with Crippen LogP contribution >= 0.6 is 0 Å². The van der Waals surface area contributed by atoms with Crippen molar-refractivity contribution >= 4 is 22.7 Å². The highest BCUT2D eigenvalue weighted by atomic mass is 15.3. The van der Waals surface area contributed by atoms with Crippen LogP contribution in [0, 0.1) is 12.8 Å². The molecule has 0 saturated carbocycles. The van der Waals surface area contributed by atoms with Gasteiger partial charge in [0.25, 0.3) is 0 Å². The highest BCUT2D eigenvalue weighted by molar-refractivity contribution is 6.01. The minimum atomic E-state index is 0.183. The Morgan fingerprint density at radius 2 is 2.00 bits per heavy atom. The van der Waals surface area contributed by atoms with Crippen molar-refractivity contribution in [3.8, 4) is 11.4 Å². The Kier molecular flexibility index (Phi) is 6.43. The van der Waals surface area contributed by atoms with Crippen molar-refractivity contribution in [1.82, 2.24) is 34.9 Å². The summed E-state index contributed by atoms with van der Waals surface area (Å²) < 4.78 is 2.08. The number of hydrogen-bond donors (Lipinski definition) is 2. The van der Waals surface area contributed by atoms with Crippen LogP contribution in [0.3, 0.4) is 0 Å². The summed E-state index contributed by atoms with van der Waals surface area (Å²) in [7, 11) is 0. The Bertz CT molecular complexity index is 1130. The maximum Gasteiger partial charge on any atom is 0.165 e. The summed E-state index contributed by atoms with van der Waals surface area (Å²) in [6.45, 7) is 14.1. The van der Waals surface area contributed by atoms with Crippen molar-refractivity contribution in [2.75, 3.05) is 11.9 Å². The molecule has 9 heteroatoms. The quantitative estimate of drug-likeness (QED) is 0.631. The molecule has 32 heavy (non-hydrogen) atoms. The Hall–Kier alpha value is -3.36. The molecule has 3 aromatic heterocycles. The number of aryl methyl sites for hydroxylation is 2. The first-order valence-corrected chi connectivity index (χ1v) is 11.2. The Labute approximate surface area is 188 Å². The van der Waals surface area contributed by atoms with Gasteiger partial charge in [0, 0.05) is 31.5 Å². The Balaban J connectivity index is 1.68. The fourth-order valence-corrected chi connectivity index (χ4v) is 4.08. The van der Waals surface area contributed by atoms with Crippen LogP contribution in [0.15, 0.2) is 36.0 Å². The molecule has 4 heterocycles. The molecular weight excluding hydrogens is 402 g/mol. The van der Waals surface area contributed by atoms with Crippen molar-refractivity contribution in [3.63, 3.8) is 0 Å². The van der Waals surface area contributed by atoms with E-state index in [1.165, 1.54) is 0 Å². The second-order valence-electron chi connectivity index (χ2n) is 8.44. The van der Waals surface area contributed by atoms with Crippen molar-refractivity contribution < 1.29 is 0 Å². The molecule has 0 aromatic carbocycles. The summed E-state index contributed by atoms with van der Waals surface area (Å²) in [5.74, 6) is 2.58. The molecule has 168 valence electrons. The number of aromatic nitrogens is 6. The van der Waals surface area contributed by atoms with Gasteiger partial charge in [-0.15, -0.1) is 0 Å². The van der Waals surface area contributed by atoms with E-state index < -0.39 is 0 Å². The summed E-state index contributed by atoms with van der Waals surface area (Å²) in [4.78, 5) is 22.7. The Morgan fingerprint density at radius 1 is 1.22 bits per heavy atom. The van der Waals surface area contributed by atoms with Gasteiger partial charge in [0.2, 0.25) is 0 Å². The van der Waals surface area contributed by atoms with Gasteiger partial charge in [-0.1, -0.05) is 20.4 Å². The predicted molar refractivity (Wildman–Crippen MR) is 127 cm³/mol. The second-order valence-corrected chi connectivity index (χ2v) is 8.44. The van der Waals surface area contributed by atoms with Crippen LogP contribution < -0.4 is 10.7 Å². The lowest BCUT2D eigenvalue weighted by Crippen LogP contribution is -2.23. The van der Waals surface area contributed by atoms with Crippen LogP contribution in [-0.4, -0.2) is 47.8 Å². The molecule has 3 aromatic rings. The van der Waals surface area contributed by atoms with Crippen LogP contribution in [0.4, 0.5) is 5.82 Å². The molecule has 0 aliphatic carbocycles. The minimum absolute atomic E-state index is 0.183. The molecule has 2 N–H and O–H groups in total. The van der Waals surface area contributed by atoms with E-state index >= 15 is 0 Å². The van der Waals surface area contributed by atoms with E-state index in [9.17, 15) is 0 Å². The zero-order valence-electron chi connectivity index (χ0n) is 19.3. The third kappa shape index (κ3) is 4.46. The summed E-state index contributed by atoms with van der Waals surface area (Å²) in [6.07, 6.45) is 7.99. The van der Waals surface area contributed by atoms with E-state index in [2.05, 4.69) is 67.7 Å². The van der Waals surface area contributed by atoms with Crippen LogP contribution in [0.2, 0.25) is 0 Å². The molecule has 0 amide bonds. The van der Waals surface area contributed by atoms with Crippen molar-refractivity contribution in [2.45, 2.75) is 59.5 Å². The summed E-state index contributed by atoms with van der Waals surface area (Å²) in [5.41, 5.74) is 7.69. The molecule has 1 aliphatic rings. The maximum atomic E-state index is 4.91. The molecule has 0 radical (unpaired) electrons. The number of nitrogens with zero attached hydrogens (tertiary/aromatic N) is 7. The zero-order chi connectivity index (χ0) is 22.7. The van der Waals surface area contributed by atoms with Crippen molar-refractivity contribution in [3.05, 3.63) is 36.7 Å². The molecule has 0 saturated heterocycles. The van der Waals surface area contributed by atoms with Gasteiger partial charge in [0.05, 0.1) is 11.3 Å². The van der Waals surface area contributed by atoms with Gasteiger partial charge in [-0.3, -0.25) is 0 Å². The SMILES string of the molecule is C=C1CC(Nc2ncnc3c2nc(-c2cnc(C)nc2)n3CC)CCCN/N=C\1C(C)C. The smallest absolute Gasteiger partial charge is 0.165 e. The zero-order valence-corrected chi connectivity index (χ0v) is 19.3. The van der Waals surface area contributed by atoms with Gasteiger partial charge in [-0.25, -0.2) is 24.9 Å². The van der Waals surface area contributed by atoms with E-state index in [0.717, 1.165) is 77.8 Å². The standard InChI is InChI=1S/C23H31N9/c1-6-32-22(17-11-24-16(5)25-12-17)30-20-21(26-13-27-23(20)32)29-18-8-7-9-28-31-19(14(2)3)15(4)10-18/h11-14,18,28H,4,6-10H2,1-3,5H3,(H,26,27,29)/b31-19-. The number of nitrogens with one attached hydrogen (secondary N) is 2. The second kappa shape index (κ2) is 9.42. The molecule has 0 spiro atoms. The van der Waals surface area contributed by atoms with E-state index in [1.807, 2.05) is 6.92 Å². The van der Waals surface area contributed by atoms with Gasteiger partial charge in [-0.05, 0) is 44.6 Å². The average Bonchev–Trinajstić information content (AvgIpc) is 3.18. The predicted octanol–water partition coefficient (Wildman–Crippen LogP) is 3.73. The number of rotatable bonds is 5. The summed E-state index contributed by atoms with van der Waals surface area (Å²) >= 11 is 0. The largest absolute Gasteiger partial charge is 0.365 e. The van der Waals surface area contributed by atoms with Crippen LogP contribution in [0.5, 0.6) is 0 Å². The molecule has 4 rings (SSSR count). The lowest BCUT2D eigenvalue weighted by molar-refractivity contribution is 0.589. The monoisotopic (exact) mass is 433 g/mol. The number of hydrazone groups is 1. The Morgan fingerprint density at radius 3 is 2.72 bits per heavy atom. The van der Waals surface area contributed by atoms with Gasteiger partial charge < -0.3 is 15.3 Å². The van der Waals surface area contributed by atoms with E-state index in [0.29, 0.717) is 5.92 Å². The van der Waals surface area contributed by atoms with E-state index in [-0.39, 0.29) is 6.04 Å². The molecule has 0 fully saturated rings.